The van der Waals surface area contributed by atoms with E-state index in [0.717, 1.165) is 28.3 Å². The van der Waals surface area contributed by atoms with Crippen molar-refractivity contribution in [3.05, 3.63) is 103 Å². The van der Waals surface area contributed by atoms with Crippen LogP contribution < -0.4 is 24.4 Å². The molecule has 1 aliphatic rings. The van der Waals surface area contributed by atoms with E-state index in [-0.39, 0.29) is 12.2 Å². The Labute approximate surface area is 230 Å². The molecular weight excluding hydrogens is 512 g/mol. The number of benzene rings is 3. The summed E-state index contributed by atoms with van der Waals surface area (Å²) in [5.74, 6) is 0.803. The predicted molar refractivity (Wildman–Crippen MR) is 153 cm³/mol. The van der Waals surface area contributed by atoms with Gasteiger partial charge in [-0.3, -0.25) is 9.36 Å². The number of rotatable bonds is 8. The van der Waals surface area contributed by atoms with Gasteiger partial charge in [0, 0.05) is 5.56 Å². The third-order valence-electron chi connectivity index (χ3n) is 6.71. The first-order valence-electron chi connectivity index (χ1n) is 12.9. The summed E-state index contributed by atoms with van der Waals surface area (Å²) in [6.07, 6.45) is 3.18. The van der Waals surface area contributed by atoms with Crippen LogP contribution in [0.3, 0.4) is 0 Å². The van der Waals surface area contributed by atoms with Gasteiger partial charge in [0.05, 0.1) is 36.6 Å². The maximum absolute atomic E-state index is 14.1. The first-order valence-corrected chi connectivity index (χ1v) is 13.7. The molecule has 0 amide bonds. The van der Waals surface area contributed by atoms with Gasteiger partial charge >= 0.3 is 5.97 Å². The average molecular weight is 543 g/mol. The van der Waals surface area contributed by atoms with Crippen molar-refractivity contribution in [3.63, 3.8) is 0 Å². The van der Waals surface area contributed by atoms with Gasteiger partial charge in [0.15, 0.2) is 4.80 Å². The Morgan fingerprint density at radius 1 is 1.05 bits per heavy atom. The number of thiazole rings is 1. The van der Waals surface area contributed by atoms with Crippen molar-refractivity contribution in [3.8, 4) is 11.5 Å². The van der Waals surface area contributed by atoms with Crippen LogP contribution in [-0.2, 0) is 9.53 Å². The molecule has 0 aliphatic carbocycles. The molecule has 8 heteroatoms. The monoisotopic (exact) mass is 542 g/mol. The number of carbonyl (C=O) groups excluding carboxylic acids is 1. The SMILES string of the molecule is CCCC1=C(C(=O)OCC)[C@@H](c2c(OC)ccc3ccccc23)n2c(sc(=Cc3cccc(OC)c3)c2=O)=N1. The lowest BCUT2D eigenvalue weighted by Gasteiger charge is -2.28. The number of fused-ring (bicyclic) bond motifs is 2. The van der Waals surface area contributed by atoms with E-state index >= 15 is 0 Å². The second kappa shape index (κ2) is 11.3. The molecular formula is C31H30N2O5S. The fourth-order valence-corrected chi connectivity index (χ4v) is 6.03. The van der Waals surface area contributed by atoms with Gasteiger partial charge in [-0.15, -0.1) is 0 Å². The summed E-state index contributed by atoms with van der Waals surface area (Å²) in [7, 11) is 3.21. The molecule has 0 fully saturated rings. The van der Waals surface area contributed by atoms with Crippen molar-refractivity contribution in [2.24, 2.45) is 4.99 Å². The average Bonchev–Trinajstić information content (AvgIpc) is 3.26. The number of methoxy groups -OCH3 is 2. The number of carbonyl (C=O) groups is 1. The van der Waals surface area contributed by atoms with E-state index in [1.54, 1.807) is 25.7 Å². The molecule has 200 valence electrons. The normalized spacial score (nSPS) is 15.2. The lowest BCUT2D eigenvalue weighted by molar-refractivity contribution is -0.139. The molecule has 1 aromatic heterocycles. The van der Waals surface area contributed by atoms with Crippen molar-refractivity contribution in [1.29, 1.82) is 0 Å². The maximum Gasteiger partial charge on any atom is 0.338 e. The van der Waals surface area contributed by atoms with Crippen molar-refractivity contribution in [2.45, 2.75) is 32.7 Å². The van der Waals surface area contributed by atoms with Crippen LogP contribution in [0.15, 0.2) is 81.7 Å². The van der Waals surface area contributed by atoms with E-state index in [4.69, 9.17) is 19.2 Å². The molecule has 0 N–H and O–H groups in total. The smallest absolute Gasteiger partial charge is 0.338 e. The fraction of sp³-hybridized carbons (Fsp3) is 0.258. The second-order valence-corrected chi connectivity index (χ2v) is 10.1. The zero-order chi connectivity index (χ0) is 27.5. The van der Waals surface area contributed by atoms with E-state index in [1.807, 2.05) is 73.7 Å². The topological polar surface area (TPSA) is 79.1 Å². The molecule has 0 radical (unpaired) electrons. The van der Waals surface area contributed by atoms with E-state index in [2.05, 4.69) is 0 Å². The van der Waals surface area contributed by atoms with Crippen LogP contribution in [0, 0.1) is 0 Å². The zero-order valence-corrected chi connectivity index (χ0v) is 23.2. The molecule has 0 unspecified atom stereocenters. The lowest BCUT2D eigenvalue weighted by atomic mass is 9.90. The van der Waals surface area contributed by atoms with E-state index < -0.39 is 12.0 Å². The Morgan fingerprint density at radius 3 is 2.62 bits per heavy atom. The van der Waals surface area contributed by atoms with Crippen LogP contribution >= 0.6 is 11.3 Å². The molecule has 3 aromatic carbocycles. The fourth-order valence-electron chi connectivity index (χ4n) is 5.01. The Morgan fingerprint density at radius 2 is 1.87 bits per heavy atom. The molecule has 0 saturated carbocycles. The van der Waals surface area contributed by atoms with Crippen LogP contribution in [-0.4, -0.2) is 31.4 Å². The molecule has 1 atom stereocenters. The van der Waals surface area contributed by atoms with Gasteiger partial charge in [0.25, 0.3) is 5.56 Å². The Hall–Kier alpha value is -4.17. The molecule has 0 saturated heterocycles. The van der Waals surface area contributed by atoms with Gasteiger partial charge in [0.1, 0.15) is 17.5 Å². The van der Waals surface area contributed by atoms with Crippen LogP contribution in [0.2, 0.25) is 0 Å². The van der Waals surface area contributed by atoms with Crippen molar-refractivity contribution >= 4 is 34.2 Å². The highest BCUT2D eigenvalue weighted by Crippen LogP contribution is 2.41. The highest BCUT2D eigenvalue weighted by atomic mass is 32.1. The highest BCUT2D eigenvalue weighted by Gasteiger charge is 2.37. The van der Waals surface area contributed by atoms with Gasteiger partial charge < -0.3 is 14.2 Å². The largest absolute Gasteiger partial charge is 0.497 e. The summed E-state index contributed by atoms with van der Waals surface area (Å²) >= 11 is 1.30. The van der Waals surface area contributed by atoms with Crippen molar-refractivity contribution in [2.75, 3.05) is 20.8 Å². The standard InChI is InChI=1S/C31H30N2O5S/c1-5-10-23-27(30(35)38-6-2)28(26-22-14-8-7-12-20(22)15-16-24(26)37-4)33-29(34)25(39-31(33)32-23)18-19-11-9-13-21(17-19)36-3/h7-9,11-18,28H,5-6,10H2,1-4H3/t28-/m1/s1. The van der Waals surface area contributed by atoms with Crippen molar-refractivity contribution in [1.82, 2.24) is 4.57 Å². The maximum atomic E-state index is 14.1. The number of ether oxygens (including phenoxy) is 3. The third-order valence-corrected chi connectivity index (χ3v) is 7.69. The van der Waals surface area contributed by atoms with Crippen LogP contribution in [0.25, 0.3) is 16.8 Å². The predicted octanol–water partition coefficient (Wildman–Crippen LogP) is 4.75. The second-order valence-electron chi connectivity index (χ2n) is 9.09. The van der Waals surface area contributed by atoms with Gasteiger partial charge in [-0.2, -0.15) is 0 Å². The molecule has 39 heavy (non-hydrogen) atoms. The number of hydrogen-bond acceptors (Lipinski definition) is 7. The molecule has 2 heterocycles. The number of hydrogen-bond donors (Lipinski definition) is 0. The lowest BCUT2D eigenvalue weighted by Crippen LogP contribution is -2.40. The van der Waals surface area contributed by atoms with Gasteiger partial charge in [-0.1, -0.05) is 67.1 Å². The molecule has 4 aromatic rings. The minimum absolute atomic E-state index is 0.210. The first kappa shape index (κ1) is 26.4. The molecule has 0 bridgehead atoms. The number of allylic oxidation sites excluding steroid dienone is 1. The quantitative estimate of drug-likeness (QED) is 0.300. The van der Waals surface area contributed by atoms with Gasteiger partial charge in [-0.25, -0.2) is 9.79 Å². The summed E-state index contributed by atoms with van der Waals surface area (Å²) in [5.41, 5.74) is 2.33. The minimum Gasteiger partial charge on any atom is -0.497 e. The molecule has 1 aliphatic heterocycles. The molecule has 0 spiro atoms. The first-order chi connectivity index (χ1) is 19.0. The van der Waals surface area contributed by atoms with Crippen LogP contribution in [0.1, 0.15) is 43.9 Å². The van der Waals surface area contributed by atoms with Crippen molar-refractivity contribution < 1.29 is 19.0 Å². The summed E-state index contributed by atoms with van der Waals surface area (Å²) in [6.45, 7) is 4.02. The number of aromatic nitrogens is 1. The van der Waals surface area contributed by atoms with Crippen LogP contribution in [0.4, 0.5) is 0 Å². The van der Waals surface area contributed by atoms with Crippen LogP contribution in [0.5, 0.6) is 11.5 Å². The van der Waals surface area contributed by atoms with E-state index in [9.17, 15) is 9.59 Å². The molecule has 5 rings (SSSR count). The summed E-state index contributed by atoms with van der Waals surface area (Å²) in [5, 5.41) is 1.87. The summed E-state index contributed by atoms with van der Waals surface area (Å²) in [6, 6.07) is 18.5. The van der Waals surface area contributed by atoms with Gasteiger partial charge in [0.2, 0.25) is 0 Å². The Kier molecular flexibility index (Phi) is 7.65. The van der Waals surface area contributed by atoms with Gasteiger partial charge in [-0.05, 0) is 54.0 Å². The zero-order valence-electron chi connectivity index (χ0n) is 22.4. The number of nitrogens with zero attached hydrogens (tertiary/aromatic N) is 2. The van der Waals surface area contributed by atoms with E-state index in [0.29, 0.717) is 38.5 Å². The molecule has 7 nitrogen and oxygen atoms in total. The highest BCUT2D eigenvalue weighted by molar-refractivity contribution is 7.07. The summed E-state index contributed by atoms with van der Waals surface area (Å²) < 4.78 is 18.9. The van der Waals surface area contributed by atoms with E-state index in [1.165, 1.54) is 11.3 Å². The summed E-state index contributed by atoms with van der Waals surface area (Å²) in [4.78, 5) is 33.1. The Balaban J connectivity index is 1.87. The minimum atomic E-state index is -0.768. The third kappa shape index (κ3) is 4.88. The Bertz CT molecular complexity index is 1770. The number of esters is 1.